The topological polar surface area (TPSA) is 49.9 Å². The second kappa shape index (κ2) is 7.15. The highest BCUT2D eigenvalue weighted by atomic mass is 35.5. The fraction of sp³-hybridized carbons (Fsp3) is 0.300. The zero-order valence-electron chi connectivity index (χ0n) is 14.6. The van der Waals surface area contributed by atoms with Crippen LogP contribution >= 0.6 is 23.2 Å². The van der Waals surface area contributed by atoms with E-state index in [-0.39, 0.29) is 17.9 Å². The molecular weight excluding hydrogens is 387 g/mol. The summed E-state index contributed by atoms with van der Waals surface area (Å²) in [6, 6.07) is 14.1. The fourth-order valence-corrected chi connectivity index (χ4v) is 4.08. The molecule has 7 heteroatoms. The number of para-hydroxylation sites is 1. The number of carbonyl (C=O) groups is 2. The van der Waals surface area contributed by atoms with Gasteiger partial charge in [0.2, 0.25) is 5.91 Å². The summed E-state index contributed by atoms with van der Waals surface area (Å²) in [6.45, 7) is 2.05. The van der Waals surface area contributed by atoms with Crippen LogP contribution in [0.2, 0.25) is 10.0 Å². The predicted octanol–water partition coefficient (Wildman–Crippen LogP) is 4.47. The van der Waals surface area contributed by atoms with E-state index in [1.54, 1.807) is 17.2 Å². The molecule has 0 radical (unpaired) electrons. The van der Waals surface area contributed by atoms with Crippen molar-refractivity contribution >= 4 is 46.4 Å². The molecule has 0 bridgehead atoms. The lowest BCUT2D eigenvalue weighted by Gasteiger charge is -2.28. The van der Waals surface area contributed by atoms with Gasteiger partial charge in [-0.15, -0.1) is 0 Å². The Kier molecular flexibility index (Phi) is 4.84. The molecule has 140 valence electrons. The molecular formula is C20H18Cl2N2O3. The second-order valence-electron chi connectivity index (χ2n) is 6.68. The van der Waals surface area contributed by atoms with E-state index in [9.17, 15) is 9.59 Å². The zero-order chi connectivity index (χ0) is 19.1. The Hall–Kier alpha value is -2.08. The van der Waals surface area contributed by atoms with E-state index in [0.29, 0.717) is 15.7 Å². The molecule has 0 saturated carbocycles. The van der Waals surface area contributed by atoms with Crippen molar-refractivity contribution in [2.45, 2.75) is 31.9 Å². The summed E-state index contributed by atoms with van der Waals surface area (Å²) >= 11 is 12.0. The smallest absolute Gasteiger partial charge is 0.266 e. The summed E-state index contributed by atoms with van der Waals surface area (Å²) < 4.78 is 0. The zero-order valence-corrected chi connectivity index (χ0v) is 16.2. The van der Waals surface area contributed by atoms with E-state index < -0.39 is 12.0 Å². The first kappa shape index (κ1) is 18.3. The minimum atomic E-state index is -0.830. The third kappa shape index (κ3) is 3.00. The summed E-state index contributed by atoms with van der Waals surface area (Å²) in [5, 5.41) is 2.39. The Bertz CT molecular complexity index is 890. The maximum atomic E-state index is 13.2. The molecule has 2 aliphatic heterocycles. The number of halogens is 2. The third-order valence-electron chi connectivity index (χ3n) is 4.99. The Labute approximate surface area is 167 Å². The minimum Gasteiger partial charge on any atom is -0.273 e. The lowest BCUT2D eigenvalue weighted by atomic mass is 9.93. The average molecular weight is 405 g/mol. The first-order valence-corrected chi connectivity index (χ1v) is 9.62. The van der Waals surface area contributed by atoms with Gasteiger partial charge in [-0.25, -0.2) is 9.96 Å². The number of amides is 2. The summed E-state index contributed by atoms with van der Waals surface area (Å²) in [7, 11) is 0. The predicted molar refractivity (Wildman–Crippen MR) is 105 cm³/mol. The standard InChI is InChI=1S/C20H18Cl2N2O3/c1-2-6-16-17-18(27-24(16)12-7-4-3-5-8-12)20(26)23(19(17)25)13-9-10-14(21)15(22)11-13/h3-5,7-11,16-18H,2,6H2,1H3/t16-,17+,18+/m0/s1. The van der Waals surface area contributed by atoms with Gasteiger partial charge in [0, 0.05) is 0 Å². The van der Waals surface area contributed by atoms with Gasteiger partial charge in [-0.1, -0.05) is 54.7 Å². The maximum Gasteiger partial charge on any atom is 0.266 e. The number of hydrogen-bond donors (Lipinski definition) is 0. The van der Waals surface area contributed by atoms with Gasteiger partial charge in [-0.3, -0.25) is 14.4 Å². The van der Waals surface area contributed by atoms with Crippen LogP contribution in [0.5, 0.6) is 0 Å². The number of hydroxylamine groups is 1. The number of benzene rings is 2. The van der Waals surface area contributed by atoms with Crippen LogP contribution in [0, 0.1) is 5.92 Å². The summed E-state index contributed by atoms with van der Waals surface area (Å²) in [5.74, 6) is -1.18. The maximum absolute atomic E-state index is 13.2. The number of imide groups is 1. The van der Waals surface area contributed by atoms with Crippen molar-refractivity contribution in [3.63, 3.8) is 0 Å². The Morgan fingerprint density at radius 3 is 2.37 bits per heavy atom. The van der Waals surface area contributed by atoms with Gasteiger partial charge in [0.05, 0.1) is 33.4 Å². The molecule has 5 nitrogen and oxygen atoms in total. The SMILES string of the molecule is CCC[C@H]1[C@H]2C(=O)N(c3ccc(Cl)c(Cl)c3)C(=O)[C@@H]2ON1c1ccccc1. The van der Waals surface area contributed by atoms with E-state index in [1.165, 1.54) is 11.0 Å². The highest BCUT2D eigenvalue weighted by Gasteiger charge is 2.59. The van der Waals surface area contributed by atoms with Crippen LogP contribution in [-0.2, 0) is 14.4 Å². The molecule has 27 heavy (non-hydrogen) atoms. The molecule has 2 amide bonds. The monoisotopic (exact) mass is 404 g/mol. The van der Waals surface area contributed by atoms with Crippen molar-refractivity contribution < 1.29 is 14.4 Å². The van der Waals surface area contributed by atoms with Gasteiger partial charge in [-0.05, 0) is 36.8 Å². The van der Waals surface area contributed by atoms with E-state index in [2.05, 4.69) is 6.92 Å². The summed E-state index contributed by atoms with van der Waals surface area (Å²) in [5.41, 5.74) is 1.26. The average Bonchev–Trinajstić information content (AvgIpc) is 3.15. The molecule has 0 aromatic heterocycles. The molecule has 0 aliphatic carbocycles. The lowest BCUT2D eigenvalue weighted by Crippen LogP contribution is -2.40. The molecule has 2 aliphatic rings. The summed E-state index contributed by atoms with van der Waals surface area (Å²) in [4.78, 5) is 33.3. The van der Waals surface area contributed by atoms with Crippen LogP contribution in [0.1, 0.15) is 19.8 Å². The van der Waals surface area contributed by atoms with Gasteiger partial charge in [0.15, 0.2) is 6.10 Å². The molecule has 2 aromatic rings. The molecule has 0 N–H and O–H groups in total. The first-order valence-electron chi connectivity index (χ1n) is 8.87. The van der Waals surface area contributed by atoms with Gasteiger partial charge >= 0.3 is 0 Å². The van der Waals surface area contributed by atoms with Gasteiger partial charge in [0.25, 0.3) is 5.91 Å². The highest BCUT2D eigenvalue weighted by molar-refractivity contribution is 6.42. The fourth-order valence-electron chi connectivity index (χ4n) is 3.79. The molecule has 4 rings (SSSR count). The van der Waals surface area contributed by atoms with Crippen molar-refractivity contribution in [2.24, 2.45) is 5.92 Å². The van der Waals surface area contributed by atoms with Crippen molar-refractivity contribution in [3.05, 3.63) is 58.6 Å². The largest absolute Gasteiger partial charge is 0.273 e. The van der Waals surface area contributed by atoms with Crippen molar-refractivity contribution in [1.29, 1.82) is 0 Å². The number of nitrogens with zero attached hydrogens (tertiary/aromatic N) is 2. The summed E-state index contributed by atoms with van der Waals surface area (Å²) in [6.07, 6.45) is 0.780. The van der Waals surface area contributed by atoms with Crippen LogP contribution in [0.4, 0.5) is 11.4 Å². The Balaban J connectivity index is 1.68. The van der Waals surface area contributed by atoms with E-state index in [0.717, 1.165) is 18.5 Å². The van der Waals surface area contributed by atoms with E-state index in [1.807, 2.05) is 30.3 Å². The van der Waals surface area contributed by atoms with Crippen molar-refractivity contribution in [2.75, 3.05) is 9.96 Å². The molecule has 2 heterocycles. The highest BCUT2D eigenvalue weighted by Crippen LogP contribution is 2.42. The molecule has 2 saturated heterocycles. The van der Waals surface area contributed by atoms with Crippen LogP contribution in [0.3, 0.4) is 0 Å². The minimum absolute atomic E-state index is 0.202. The molecule has 2 fully saturated rings. The van der Waals surface area contributed by atoms with E-state index >= 15 is 0 Å². The Morgan fingerprint density at radius 1 is 0.963 bits per heavy atom. The second-order valence-corrected chi connectivity index (χ2v) is 7.49. The normalized spacial score (nSPS) is 24.6. The number of carbonyl (C=O) groups excluding carboxylic acids is 2. The molecule has 0 unspecified atom stereocenters. The molecule has 2 aromatic carbocycles. The van der Waals surface area contributed by atoms with Crippen LogP contribution in [-0.4, -0.2) is 24.0 Å². The number of hydrogen-bond acceptors (Lipinski definition) is 4. The molecule has 3 atom stereocenters. The Morgan fingerprint density at radius 2 is 1.70 bits per heavy atom. The van der Waals surface area contributed by atoms with Gasteiger partial charge in [-0.2, -0.15) is 0 Å². The van der Waals surface area contributed by atoms with Crippen molar-refractivity contribution in [1.82, 2.24) is 0 Å². The number of fused-ring (bicyclic) bond motifs is 1. The number of anilines is 2. The molecule has 0 spiro atoms. The van der Waals surface area contributed by atoms with Crippen LogP contribution in [0.15, 0.2) is 48.5 Å². The van der Waals surface area contributed by atoms with Crippen LogP contribution < -0.4 is 9.96 Å². The van der Waals surface area contributed by atoms with Gasteiger partial charge in [0.1, 0.15) is 0 Å². The van der Waals surface area contributed by atoms with Gasteiger partial charge < -0.3 is 0 Å². The van der Waals surface area contributed by atoms with E-state index in [4.69, 9.17) is 28.0 Å². The number of rotatable bonds is 4. The van der Waals surface area contributed by atoms with Crippen LogP contribution in [0.25, 0.3) is 0 Å². The lowest BCUT2D eigenvalue weighted by molar-refractivity contribution is -0.126. The third-order valence-corrected chi connectivity index (χ3v) is 5.73. The first-order chi connectivity index (χ1) is 13.0. The quantitative estimate of drug-likeness (QED) is 0.705. The van der Waals surface area contributed by atoms with Crippen molar-refractivity contribution in [3.8, 4) is 0 Å².